The van der Waals surface area contributed by atoms with Gasteiger partial charge in [0.2, 0.25) is 11.8 Å². The Hall–Kier alpha value is -3.20. The third kappa shape index (κ3) is 4.51. The summed E-state index contributed by atoms with van der Waals surface area (Å²) in [5.41, 5.74) is 2.29. The number of fused-ring (bicyclic) bond motifs is 1. The van der Waals surface area contributed by atoms with Gasteiger partial charge in [-0.15, -0.1) is 0 Å². The molecule has 0 bridgehead atoms. The van der Waals surface area contributed by atoms with E-state index in [1.807, 2.05) is 11.0 Å². The second kappa shape index (κ2) is 8.66. The molecule has 9 heteroatoms. The fourth-order valence-corrected chi connectivity index (χ4v) is 3.66. The van der Waals surface area contributed by atoms with Crippen LogP contribution < -0.4 is 5.32 Å². The Morgan fingerprint density at radius 2 is 2.27 bits per heavy atom. The molecule has 1 fully saturated rings. The van der Waals surface area contributed by atoms with Gasteiger partial charge in [0.15, 0.2) is 0 Å². The van der Waals surface area contributed by atoms with Gasteiger partial charge in [0.25, 0.3) is 0 Å². The summed E-state index contributed by atoms with van der Waals surface area (Å²) < 4.78 is 18.4. The average Bonchev–Trinajstić information content (AvgIpc) is 3.37. The topological polar surface area (TPSA) is 94.5 Å². The highest BCUT2D eigenvalue weighted by molar-refractivity contribution is 5.88. The Kier molecular flexibility index (Phi) is 5.80. The molecule has 0 saturated carbocycles. The standard InChI is InChI=1S/C21H24FN5O3/c1-26(7-4-19-24-16-3-2-15(22)10-17(16)25-19)20(28)11-18-21(29)23-6-8-27(18)12-14-5-9-30-13-14/h2-3,5,9-10,13,18H,4,6-8,11-12H2,1H3,(H,23,29)(H,24,25). The van der Waals surface area contributed by atoms with Crippen LogP contribution in [0.4, 0.5) is 4.39 Å². The van der Waals surface area contributed by atoms with E-state index >= 15 is 0 Å². The number of furan rings is 1. The number of imidazole rings is 1. The van der Waals surface area contributed by atoms with Gasteiger partial charge in [0.1, 0.15) is 11.6 Å². The Morgan fingerprint density at radius 1 is 1.40 bits per heavy atom. The number of aromatic nitrogens is 2. The van der Waals surface area contributed by atoms with Crippen LogP contribution in [0.2, 0.25) is 0 Å². The molecule has 0 radical (unpaired) electrons. The van der Waals surface area contributed by atoms with Gasteiger partial charge in [-0.3, -0.25) is 14.5 Å². The number of H-pyrrole nitrogens is 1. The first-order chi connectivity index (χ1) is 14.5. The fourth-order valence-electron chi connectivity index (χ4n) is 3.66. The molecule has 4 rings (SSSR count). The Balaban J connectivity index is 1.35. The highest BCUT2D eigenvalue weighted by Gasteiger charge is 2.32. The van der Waals surface area contributed by atoms with Gasteiger partial charge in [-0.1, -0.05) is 0 Å². The van der Waals surface area contributed by atoms with Gasteiger partial charge in [-0.25, -0.2) is 9.37 Å². The number of likely N-dealkylation sites (N-methyl/N-ethyl adjacent to an activating group) is 1. The van der Waals surface area contributed by atoms with Gasteiger partial charge in [-0.2, -0.15) is 0 Å². The summed E-state index contributed by atoms with van der Waals surface area (Å²) in [5.74, 6) is 0.116. The summed E-state index contributed by atoms with van der Waals surface area (Å²) in [6.07, 6.45) is 3.86. The fraction of sp³-hybridized carbons (Fsp3) is 0.381. The van der Waals surface area contributed by atoms with Gasteiger partial charge < -0.3 is 19.6 Å². The maximum absolute atomic E-state index is 13.3. The first kappa shape index (κ1) is 20.1. The Morgan fingerprint density at radius 3 is 3.07 bits per heavy atom. The zero-order chi connectivity index (χ0) is 21.1. The maximum atomic E-state index is 13.3. The number of amides is 2. The molecule has 1 aliphatic heterocycles. The predicted octanol–water partition coefficient (Wildman–Crippen LogP) is 1.69. The molecule has 0 aliphatic carbocycles. The molecule has 2 N–H and O–H groups in total. The van der Waals surface area contributed by atoms with Crippen LogP contribution in [-0.4, -0.2) is 64.3 Å². The molecule has 2 amide bonds. The summed E-state index contributed by atoms with van der Waals surface area (Å²) >= 11 is 0. The molecular formula is C21H24FN5O3. The van der Waals surface area contributed by atoms with Crippen molar-refractivity contribution >= 4 is 22.8 Å². The minimum atomic E-state index is -0.516. The molecule has 1 unspecified atom stereocenters. The van der Waals surface area contributed by atoms with Gasteiger partial charge in [-0.05, 0) is 24.3 Å². The van der Waals surface area contributed by atoms with E-state index in [-0.39, 0.29) is 24.1 Å². The van der Waals surface area contributed by atoms with Crippen LogP contribution >= 0.6 is 0 Å². The molecule has 30 heavy (non-hydrogen) atoms. The van der Waals surface area contributed by atoms with Crippen molar-refractivity contribution in [2.75, 3.05) is 26.7 Å². The van der Waals surface area contributed by atoms with E-state index in [1.54, 1.807) is 30.5 Å². The quantitative estimate of drug-likeness (QED) is 0.615. The normalized spacial score (nSPS) is 17.3. The van der Waals surface area contributed by atoms with Crippen LogP contribution in [0.3, 0.4) is 0 Å². The van der Waals surface area contributed by atoms with Crippen LogP contribution in [0.1, 0.15) is 17.8 Å². The highest BCUT2D eigenvalue weighted by Crippen LogP contribution is 2.16. The molecule has 3 heterocycles. The van der Waals surface area contributed by atoms with Crippen LogP contribution in [0.15, 0.2) is 41.2 Å². The van der Waals surface area contributed by atoms with E-state index in [2.05, 4.69) is 15.3 Å². The first-order valence-corrected chi connectivity index (χ1v) is 9.90. The number of benzene rings is 1. The number of carbonyl (C=O) groups is 2. The van der Waals surface area contributed by atoms with Crippen LogP contribution in [-0.2, 0) is 22.6 Å². The second-order valence-corrected chi connectivity index (χ2v) is 7.52. The van der Waals surface area contributed by atoms with Crippen molar-refractivity contribution in [1.29, 1.82) is 0 Å². The van der Waals surface area contributed by atoms with E-state index < -0.39 is 6.04 Å². The molecule has 8 nitrogen and oxygen atoms in total. The summed E-state index contributed by atoms with van der Waals surface area (Å²) in [6.45, 7) is 2.23. The van der Waals surface area contributed by atoms with Gasteiger partial charge >= 0.3 is 0 Å². The van der Waals surface area contributed by atoms with Crippen molar-refractivity contribution in [3.63, 3.8) is 0 Å². The minimum Gasteiger partial charge on any atom is -0.472 e. The van der Waals surface area contributed by atoms with Crippen molar-refractivity contribution in [1.82, 2.24) is 25.1 Å². The third-order valence-electron chi connectivity index (χ3n) is 5.38. The van der Waals surface area contributed by atoms with Crippen molar-refractivity contribution in [3.8, 4) is 0 Å². The molecule has 2 aromatic heterocycles. The zero-order valence-corrected chi connectivity index (χ0v) is 16.7. The average molecular weight is 413 g/mol. The molecule has 158 valence electrons. The summed E-state index contributed by atoms with van der Waals surface area (Å²) in [6, 6.07) is 5.73. The van der Waals surface area contributed by atoms with E-state index in [4.69, 9.17) is 4.42 Å². The molecule has 0 spiro atoms. The number of aromatic amines is 1. The number of halogens is 1. The van der Waals surface area contributed by atoms with Crippen molar-refractivity contribution in [3.05, 3.63) is 54.0 Å². The molecule has 1 aromatic carbocycles. The van der Waals surface area contributed by atoms with Crippen molar-refractivity contribution in [2.24, 2.45) is 0 Å². The summed E-state index contributed by atoms with van der Waals surface area (Å²) in [5, 5.41) is 2.84. The van der Waals surface area contributed by atoms with Gasteiger partial charge in [0, 0.05) is 45.2 Å². The van der Waals surface area contributed by atoms with Crippen molar-refractivity contribution in [2.45, 2.75) is 25.4 Å². The van der Waals surface area contributed by atoms with E-state index in [0.29, 0.717) is 49.5 Å². The molecule has 1 aliphatic rings. The lowest BCUT2D eigenvalue weighted by atomic mass is 10.1. The lowest BCUT2D eigenvalue weighted by Crippen LogP contribution is -2.56. The van der Waals surface area contributed by atoms with Crippen LogP contribution in [0, 0.1) is 5.82 Å². The number of nitrogens with one attached hydrogen (secondary N) is 2. The van der Waals surface area contributed by atoms with E-state index in [1.165, 1.54) is 12.1 Å². The first-order valence-electron chi connectivity index (χ1n) is 9.90. The van der Waals surface area contributed by atoms with Gasteiger partial charge in [0.05, 0.1) is 36.0 Å². The highest BCUT2D eigenvalue weighted by atomic mass is 19.1. The SMILES string of the molecule is CN(CCc1nc2ccc(F)cc2[nH]1)C(=O)CC1C(=O)NCCN1Cc1ccoc1. The predicted molar refractivity (Wildman–Crippen MR) is 108 cm³/mol. The molecule has 3 aromatic rings. The minimum absolute atomic E-state index is 0.103. The number of piperazine rings is 1. The smallest absolute Gasteiger partial charge is 0.237 e. The second-order valence-electron chi connectivity index (χ2n) is 7.52. The lowest BCUT2D eigenvalue weighted by Gasteiger charge is -2.35. The zero-order valence-electron chi connectivity index (χ0n) is 16.7. The Bertz CT molecular complexity index is 1030. The van der Waals surface area contributed by atoms with E-state index in [9.17, 15) is 14.0 Å². The summed E-state index contributed by atoms with van der Waals surface area (Å²) in [7, 11) is 1.71. The van der Waals surface area contributed by atoms with E-state index in [0.717, 1.165) is 5.56 Å². The lowest BCUT2D eigenvalue weighted by molar-refractivity contribution is -0.138. The number of carbonyl (C=O) groups excluding carboxylic acids is 2. The molecular weight excluding hydrogens is 389 g/mol. The number of rotatable bonds is 7. The van der Waals surface area contributed by atoms with Crippen molar-refractivity contribution < 1.29 is 18.4 Å². The van der Waals surface area contributed by atoms with Crippen LogP contribution in [0.25, 0.3) is 11.0 Å². The number of nitrogens with zero attached hydrogens (tertiary/aromatic N) is 3. The van der Waals surface area contributed by atoms with Crippen LogP contribution in [0.5, 0.6) is 0 Å². The molecule has 1 atom stereocenters. The Labute approximate surface area is 173 Å². The third-order valence-corrected chi connectivity index (χ3v) is 5.38. The summed E-state index contributed by atoms with van der Waals surface area (Å²) in [4.78, 5) is 36.3. The maximum Gasteiger partial charge on any atom is 0.237 e. The number of hydrogen-bond acceptors (Lipinski definition) is 5. The number of hydrogen-bond donors (Lipinski definition) is 2. The largest absolute Gasteiger partial charge is 0.472 e. The molecule has 1 saturated heterocycles. The monoisotopic (exact) mass is 413 g/mol.